The van der Waals surface area contributed by atoms with Crippen molar-refractivity contribution in [3.8, 4) is 5.75 Å². The topological polar surface area (TPSA) is 49.8 Å². The standard InChI is InChI=1S/C14H18BrNO3/c15-11-2-1-3-13(10-11)19-12-4-7-16(8-5-12)9-6-14(17)18/h1-3,10,12H,4-9H2,(H,17,18). The molecule has 1 aromatic rings. The molecule has 1 aliphatic heterocycles. The highest BCUT2D eigenvalue weighted by Crippen LogP contribution is 2.22. The molecule has 0 unspecified atom stereocenters. The van der Waals surface area contributed by atoms with Crippen LogP contribution in [0.1, 0.15) is 19.3 Å². The largest absolute Gasteiger partial charge is 0.490 e. The third kappa shape index (κ3) is 4.84. The molecule has 1 saturated heterocycles. The van der Waals surface area contributed by atoms with E-state index in [0.29, 0.717) is 6.54 Å². The van der Waals surface area contributed by atoms with Crippen LogP contribution < -0.4 is 4.74 Å². The summed E-state index contributed by atoms with van der Waals surface area (Å²) >= 11 is 3.43. The Kier molecular flexibility index (Phi) is 5.22. The number of carboxylic acid groups (broad SMARTS) is 1. The first-order valence-electron chi connectivity index (χ1n) is 6.50. The van der Waals surface area contributed by atoms with Crippen molar-refractivity contribution in [2.45, 2.75) is 25.4 Å². The van der Waals surface area contributed by atoms with Gasteiger partial charge in [-0.05, 0) is 31.0 Å². The van der Waals surface area contributed by atoms with Crippen LogP contribution in [-0.2, 0) is 4.79 Å². The molecule has 104 valence electrons. The normalized spacial score (nSPS) is 17.3. The fraction of sp³-hybridized carbons (Fsp3) is 0.500. The van der Waals surface area contributed by atoms with Crippen LogP contribution in [0.2, 0.25) is 0 Å². The molecule has 1 aliphatic rings. The predicted octanol–water partition coefficient (Wildman–Crippen LogP) is 2.77. The first kappa shape index (κ1) is 14.3. The van der Waals surface area contributed by atoms with Gasteiger partial charge in [0.15, 0.2) is 0 Å². The minimum absolute atomic E-state index is 0.219. The minimum Gasteiger partial charge on any atom is -0.490 e. The number of rotatable bonds is 5. The lowest BCUT2D eigenvalue weighted by Crippen LogP contribution is -2.39. The maximum absolute atomic E-state index is 10.5. The molecule has 1 N–H and O–H groups in total. The molecule has 0 radical (unpaired) electrons. The average molecular weight is 328 g/mol. The maximum atomic E-state index is 10.5. The fourth-order valence-corrected chi connectivity index (χ4v) is 2.62. The van der Waals surface area contributed by atoms with E-state index in [9.17, 15) is 4.79 Å². The van der Waals surface area contributed by atoms with Gasteiger partial charge in [-0.2, -0.15) is 0 Å². The second-order valence-corrected chi connectivity index (χ2v) is 5.68. The Morgan fingerprint density at radius 2 is 2.16 bits per heavy atom. The summed E-state index contributed by atoms with van der Waals surface area (Å²) in [4.78, 5) is 12.7. The van der Waals surface area contributed by atoms with E-state index in [0.717, 1.165) is 36.2 Å². The summed E-state index contributed by atoms with van der Waals surface area (Å²) < 4.78 is 6.95. The predicted molar refractivity (Wildman–Crippen MR) is 76.5 cm³/mol. The molecule has 1 heterocycles. The molecule has 0 spiro atoms. The SMILES string of the molecule is O=C(O)CCN1CCC(Oc2cccc(Br)c2)CC1. The van der Waals surface area contributed by atoms with Crippen LogP contribution in [0.4, 0.5) is 0 Å². The Labute approximate surface area is 121 Å². The Bertz CT molecular complexity index is 430. The zero-order valence-corrected chi connectivity index (χ0v) is 12.3. The summed E-state index contributed by atoms with van der Waals surface area (Å²) in [5.74, 6) is 0.158. The fourth-order valence-electron chi connectivity index (χ4n) is 2.24. The Morgan fingerprint density at radius 1 is 1.42 bits per heavy atom. The van der Waals surface area contributed by atoms with Gasteiger partial charge in [0.2, 0.25) is 0 Å². The smallest absolute Gasteiger partial charge is 0.304 e. The van der Waals surface area contributed by atoms with Gasteiger partial charge < -0.3 is 14.7 Å². The van der Waals surface area contributed by atoms with Crippen LogP contribution >= 0.6 is 15.9 Å². The number of benzene rings is 1. The molecular formula is C14H18BrNO3. The number of hydrogen-bond acceptors (Lipinski definition) is 3. The minimum atomic E-state index is -0.729. The second-order valence-electron chi connectivity index (χ2n) is 4.76. The molecule has 0 aromatic heterocycles. The van der Waals surface area contributed by atoms with Gasteiger partial charge in [-0.3, -0.25) is 4.79 Å². The summed E-state index contributed by atoms with van der Waals surface area (Å²) in [5, 5.41) is 8.66. The van der Waals surface area contributed by atoms with Gasteiger partial charge in [0.1, 0.15) is 11.9 Å². The first-order valence-corrected chi connectivity index (χ1v) is 7.29. The summed E-state index contributed by atoms with van der Waals surface area (Å²) in [5.41, 5.74) is 0. The molecule has 0 aliphatic carbocycles. The lowest BCUT2D eigenvalue weighted by Gasteiger charge is -2.31. The molecule has 19 heavy (non-hydrogen) atoms. The molecule has 0 atom stereocenters. The average Bonchev–Trinajstić information content (AvgIpc) is 2.38. The molecule has 4 nitrogen and oxygen atoms in total. The van der Waals surface area contributed by atoms with E-state index in [-0.39, 0.29) is 12.5 Å². The van der Waals surface area contributed by atoms with Crippen molar-refractivity contribution in [2.75, 3.05) is 19.6 Å². The number of hydrogen-bond donors (Lipinski definition) is 1. The summed E-state index contributed by atoms with van der Waals surface area (Å²) in [6, 6.07) is 7.86. The van der Waals surface area contributed by atoms with Crippen molar-refractivity contribution in [1.82, 2.24) is 4.90 Å². The number of carboxylic acids is 1. The number of halogens is 1. The van der Waals surface area contributed by atoms with Crippen molar-refractivity contribution in [2.24, 2.45) is 0 Å². The molecule has 0 saturated carbocycles. The number of carbonyl (C=O) groups is 1. The van der Waals surface area contributed by atoms with E-state index in [4.69, 9.17) is 9.84 Å². The van der Waals surface area contributed by atoms with Crippen LogP contribution in [0.15, 0.2) is 28.7 Å². The highest BCUT2D eigenvalue weighted by atomic mass is 79.9. The number of piperidine rings is 1. The molecule has 0 bridgehead atoms. The third-order valence-electron chi connectivity index (χ3n) is 3.28. The third-order valence-corrected chi connectivity index (χ3v) is 3.77. The van der Waals surface area contributed by atoms with E-state index in [1.807, 2.05) is 24.3 Å². The Morgan fingerprint density at radius 3 is 2.79 bits per heavy atom. The Balaban J connectivity index is 1.75. The van der Waals surface area contributed by atoms with Gasteiger partial charge in [-0.1, -0.05) is 22.0 Å². The zero-order valence-electron chi connectivity index (χ0n) is 10.7. The molecule has 5 heteroatoms. The van der Waals surface area contributed by atoms with Crippen molar-refractivity contribution in [3.05, 3.63) is 28.7 Å². The van der Waals surface area contributed by atoms with Crippen LogP contribution in [-0.4, -0.2) is 41.7 Å². The van der Waals surface area contributed by atoms with Crippen molar-refractivity contribution in [3.63, 3.8) is 0 Å². The van der Waals surface area contributed by atoms with Crippen LogP contribution in [0, 0.1) is 0 Å². The van der Waals surface area contributed by atoms with E-state index >= 15 is 0 Å². The van der Waals surface area contributed by atoms with E-state index in [1.54, 1.807) is 0 Å². The zero-order chi connectivity index (χ0) is 13.7. The number of nitrogens with zero attached hydrogens (tertiary/aromatic N) is 1. The van der Waals surface area contributed by atoms with E-state index in [1.165, 1.54) is 0 Å². The van der Waals surface area contributed by atoms with Crippen LogP contribution in [0.5, 0.6) is 5.75 Å². The monoisotopic (exact) mass is 327 g/mol. The molecule has 0 amide bonds. The van der Waals surface area contributed by atoms with Gasteiger partial charge in [-0.25, -0.2) is 0 Å². The highest BCUT2D eigenvalue weighted by Gasteiger charge is 2.20. The number of likely N-dealkylation sites (tertiary alicyclic amines) is 1. The summed E-state index contributed by atoms with van der Waals surface area (Å²) in [7, 11) is 0. The molecule has 1 fully saturated rings. The molecule has 2 rings (SSSR count). The number of ether oxygens (including phenoxy) is 1. The van der Waals surface area contributed by atoms with E-state index in [2.05, 4.69) is 20.8 Å². The lowest BCUT2D eigenvalue weighted by molar-refractivity contribution is -0.137. The van der Waals surface area contributed by atoms with Crippen LogP contribution in [0.25, 0.3) is 0 Å². The van der Waals surface area contributed by atoms with Gasteiger partial charge in [-0.15, -0.1) is 0 Å². The van der Waals surface area contributed by atoms with Crippen molar-refractivity contribution in [1.29, 1.82) is 0 Å². The number of aliphatic carboxylic acids is 1. The molecular weight excluding hydrogens is 310 g/mol. The summed E-state index contributed by atoms with van der Waals surface area (Å²) in [6.45, 7) is 2.46. The quantitative estimate of drug-likeness (QED) is 0.903. The first-order chi connectivity index (χ1) is 9.13. The maximum Gasteiger partial charge on any atom is 0.304 e. The van der Waals surface area contributed by atoms with Gasteiger partial charge in [0, 0.05) is 24.1 Å². The van der Waals surface area contributed by atoms with E-state index < -0.39 is 5.97 Å². The molecule has 1 aromatic carbocycles. The van der Waals surface area contributed by atoms with Gasteiger partial charge >= 0.3 is 5.97 Å². The lowest BCUT2D eigenvalue weighted by atomic mass is 10.1. The van der Waals surface area contributed by atoms with Gasteiger partial charge in [0.05, 0.1) is 6.42 Å². The second kappa shape index (κ2) is 6.91. The highest BCUT2D eigenvalue weighted by molar-refractivity contribution is 9.10. The van der Waals surface area contributed by atoms with Crippen molar-refractivity contribution < 1.29 is 14.6 Å². The van der Waals surface area contributed by atoms with Crippen LogP contribution in [0.3, 0.4) is 0 Å². The Hall–Kier alpha value is -1.07. The van der Waals surface area contributed by atoms with Gasteiger partial charge in [0.25, 0.3) is 0 Å². The summed E-state index contributed by atoms with van der Waals surface area (Å²) in [6.07, 6.45) is 2.35. The van der Waals surface area contributed by atoms with Crippen molar-refractivity contribution >= 4 is 21.9 Å².